The van der Waals surface area contributed by atoms with Gasteiger partial charge in [0.2, 0.25) is 0 Å². The normalized spacial score (nSPS) is 29.8. The second kappa shape index (κ2) is 8.81. The number of halogens is 2. The van der Waals surface area contributed by atoms with Crippen molar-refractivity contribution < 1.29 is 0 Å². The Morgan fingerprint density at radius 3 is 2.74 bits per heavy atom. The lowest BCUT2D eigenvalue weighted by Crippen LogP contribution is -2.43. The molecule has 23 heavy (non-hydrogen) atoms. The second-order valence-corrected chi connectivity index (χ2v) is 7.81. The highest BCUT2D eigenvalue weighted by molar-refractivity contribution is 14.0. The molecule has 4 unspecified atom stereocenters. The first-order chi connectivity index (χ1) is 10.7. The van der Waals surface area contributed by atoms with E-state index >= 15 is 0 Å². The van der Waals surface area contributed by atoms with E-state index in [4.69, 9.17) is 11.6 Å². The Hall–Kier alpha value is -0.140. The van der Waals surface area contributed by atoms with Gasteiger partial charge in [-0.05, 0) is 49.6 Å². The van der Waals surface area contributed by atoms with Crippen molar-refractivity contribution >= 4 is 53.3 Å². The van der Waals surface area contributed by atoms with Crippen molar-refractivity contribution in [2.45, 2.75) is 48.9 Å². The van der Waals surface area contributed by atoms with Gasteiger partial charge in [-0.2, -0.15) is 11.8 Å². The molecule has 3 nitrogen and oxygen atoms in total. The lowest BCUT2D eigenvalue weighted by atomic mass is 10.1. The first-order valence-corrected chi connectivity index (χ1v) is 9.64. The number of nitrogens with one attached hydrogen (secondary N) is 2. The van der Waals surface area contributed by atoms with E-state index in [1.807, 2.05) is 30.9 Å². The number of hydrogen-bond acceptors (Lipinski definition) is 2. The Balaban J connectivity index is 0.00000192. The molecular formula is C17H25ClIN3S. The summed E-state index contributed by atoms with van der Waals surface area (Å²) < 4.78 is 0. The van der Waals surface area contributed by atoms with E-state index in [-0.39, 0.29) is 24.0 Å². The largest absolute Gasteiger partial charge is 0.354 e. The molecular weight excluding hydrogens is 441 g/mol. The topological polar surface area (TPSA) is 36.4 Å². The first kappa shape index (κ1) is 19.2. The van der Waals surface area contributed by atoms with Crippen LogP contribution in [0.4, 0.5) is 0 Å². The van der Waals surface area contributed by atoms with Crippen LogP contribution in [0.5, 0.6) is 0 Å². The van der Waals surface area contributed by atoms with Crippen molar-refractivity contribution in [2.24, 2.45) is 4.99 Å². The van der Waals surface area contributed by atoms with Crippen molar-refractivity contribution in [3.8, 4) is 0 Å². The van der Waals surface area contributed by atoms with Crippen molar-refractivity contribution in [3.05, 3.63) is 34.9 Å². The number of aliphatic imine (C=N–C) groups is 1. The summed E-state index contributed by atoms with van der Waals surface area (Å²) in [7, 11) is 1.85. The van der Waals surface area contributed by atoms with Gasteiger partial charge in [0.25, 0.3) is 0 Å². The Bertz CT molecular complexity index is 554. The smallest absolute Gasteiger partial charge is 0.191 e. The minimum absolute atomic E-state index is 0. The predicted octanol–water partition coefficient (Wildman–Crippen LogP) is 4.26. The number of hydrogen-bond donors (Lipinski definition) is 2. The predicted molar refractivity (Wildman–Crippen MR) is 113 cm³/mol. The van der Waals surface area contributed by atoms with Gasteiger partial charge in [0, 0.05) is 35.3 Å². The summed E-state index contributed by atoms with van der Waals surface area (Å²) in [5.41, 5.74) is 1.32. The van der Waals surface area contributed by atoms with Crippen LogP contribution >= 0.6 is 47.3 Å². The zero-order valence-electron chi connectivity index (χ0n) is 13.6. The molecule has 0 aliphatic heterocycles. The highest BCUT2D eigenvalue weighted by Crippen LogP contribution is 2.41. The average Bonchev–Trinajstić information content (AvgIpc) is 3.14. The van der Waals surface area contributed by atoms with E-state index in [9.17, 15) is 0 Å². The van der Waals surface area contributed by atoms with Gasteiger partial charge in [0.15, 0.2) is 5.96 Å². The minimum atomic E-state index is 0. The van der Waals surface area contributed by atoms with E-state index in [0.717, 1.165) is 22.7 Å². The summed E-state index contributed by atoms with van der Waals surface area (Å²) in [6.45, 7) is 0. The fraction of sp³-hybridized carbons (Fsp3) is 0.588. The molecule has 0 aromatic heterocycles. The summed E-state index contributed by atoms with van der Waals surface area (Å²) in [4.78, 5) is 4.39. The van der Waals surface area contributed by atoms with Gasteiger partial charge in [0.1, 0.15) is 0 Å². The highest BCUT2D eigenvalue weighted by Gasteiger charge is 2.39. The first-order valence-electron chi connectivity index (χ1n) is 7.97. The summed E-state index contributed by atoms with van der Waals surface area (Å²) in [5, 5.41) is 8.76. The molecule has 0 spiro atoms. The summed E-state index contributed by atoms with van der Waals surface area (Å²) in [6, 6.07) is 9.23. The van der Waals surface area contributed by atoms with Crippen LogP contribution in [0.2, 0.25) is 5.02 Å². The number of nitrogens with zero attached hydrogens (tertiary/aromatic N) is 1. The van der Waals surface area contributed by atoms with Crippen LogP contribution in [0.3, 0.4) is 0 Å². The Morgan fingerprint density at radius 2 is 2.09 bits per heavy atom. The summed E-state index contributed by atoms with van der Waals surface area (Å²) in [5.74, 6) is 1.50. The van der Waals surface area contributed by atoms with Crippen molar-refractivity contribution in [1.82, 2.24) is 10.6 Å². The van der Waals surface area contributed by atoms with Crippen molar-refractivity contribution in [3.63, 3.8) is 0 Å². The fourth-order valence-electron chi connectivity index (χ4n) is 3.29. The van der Waals surface area contributed by atoms with E-state index in [0.29, 0.717) is 18.0 Å². The minimum Gasteiger partial charge on any atom is -0.354 e. The van der Waals surface area contributed by atoms with Crippen LogP contribution in [0.1, 0.15) is 37.2 Å². The maximum Gasteiger partial charge on any atom is 0.191 e. The van der Waals surface area contributed by atoms with Crippen molar-refractivity contribution in [1.29, 1.82) is 0 Å². The van der Waals surface area contributed by atoms with Gasteiger partial charge in [-0.15, -0.1) is 24.0 Å². The molecule has 0 radical (unpaired) electrons. The van der Waals surface area contributed by atoms with Crippen LogP contribution in [-0.4, -0.2) is 36.6 Å². The zero-order valence-corrected chi connectivity index (χ0v) is 17.5. The third-order valence-electron chi connectivity index (χ3n) is 4.67. The number of benzene rings is 1. The molecule has 1 aromatic carbocycles. The maximum absolute atomic E-state index is 6.08. The highest BCUT2D eigenvalue weighted by atomic mass is 127. The third-order valence-corrected chi connectivity index (χ3v) is 6.00. The van der Waals surface area contributed by atoms with Gasteiger partial charge >= 0.3 is 0 Å². The molecule has 0 heterocycles. The Morgan fingerprint density at radius 1 is 1.26 bits per heavy atom. The molecule has 2 N–H and O–H groups in total. The van der Waals surface area contributed by atoms with Gasteiger partial charge in [-0.1, -0.05) is 23.7 Å². The zero-order chi connectivity index (χ0) is 15.5. The number of thioether (sulfide) groups is 1. The molecule has 0 amide bonds. The molecule has 0 saturated heterocycles. The monoisotopic (exact) mass is 465 g/mol. The molecule has 3 rings (SSSR count). The molecule has 2 saturated carbocycles. The fourth-order valence-corrected chi connectivity index (χ4v) is 4.28. The van der Waals surface area contributed by atoms with E-state index < -0.39 is 0 Å². The van der Waals surface area contributed by atoms with Crippen LogP contribution in [-0.2, 0) is 0 Å². The number of rotatable bonds is 4. The van der Waals surface area contributed by atoms with Crippen LogP contribution < -0.4 is 10.6 Å². The Labute approximate surface area is 165 Å². The molecule has 4 atom stereocenters. The van der Waals surface area contributed by atoms with Crippen LogP contribution in [0.25, 0.3) is 0 Å². The van der Waals surface area contributed by atoms with Crippen molar-refractivity contribution in [2.75, 3.05) is 13.3 Å². The summed E-state index contributed by atoms with van der Waals surface area (Å²) in [6.07, 6.45) is 7.16. The third kappa shape index (κ3) is 5.16. The Kier molecular flexibility index (Phi) is 7.35. The number of guanidine groups is 1. The van der Waals surface area contributed by atoms with Crippen LogP contribution in [0, 0.1) is 0 Å². The summed E-state index contributed by atoms with van der Waals surface area (Å²) >= 11 is 8.06. The molecule has 6 heteroatoms. The van der Waals surface area contributed by atoms with E-state index in [1.54, 1.807) is 0 Å². The van der Waals surface area contributed by atoms with Gasteiger partial charge in [-0.25, -0.2) is 0 Å². The van der Waals surface area contributed by atoms with E-state index in [2.05, 4.69) is 34.0 Å². The standard InChI is InChI=1S/C17H24ClN3S.HI/c1-19-17(20-13-6-7-14(9-13)22-2)21-16-10-15(16)11-4-3-5-12(18)8-11;/h3-5,8,13-16H,6-7,9-10H2,1-2H3,(H2,19,20,21);1H. The molecule has 2 aliphatic rings. The van der Waals surface area contributed by atoms with Gasteiger partial charge < -0.3 is 10.6 Å². The average molecular weight is 466 g/mol. The molecule has 0 bridgehead atoms. The SMILES string of the molecule is CN=C(NC1CCC(SC)C1)NC1CC1c1cccc(Cl)c1.I. The molecule has 128 valence electrons. The van der Waals surface area contributed by atoms with E-state index in [1.165, 1.54) is 24.8 Å². The second-order valence-electron chi connectivity index (χ2n) is 6.23. The van der Waals surface area contributed by atoms with Gasteiger partial charge in [0.05, 0.1) is 0 Å². The molecule has 1 aromatic rings. The van der Waals surface area contributed by atoms with Gasteiger partial charge in [-0.3, -0.25) is 4.99 Å². The maximum atomic E-state index is 6.08. The lowest BCUT2D eigenvalue weighted by Gasteiger charge is -2.17. The molecule has 2 aliphatic carbocycles. The lowest BCUT2D eigenvalue weighted by molar-refractivity contribution is 0.613. The van der Waals surface area contributed by atoms with Crippen LogP contribution in [0.15, 0.2) is 29.3 Å². The molecule has 2 fully saturated rings. The quantitative estimate of drug-likeness (QED) is 0.396.